The summed E-state index contributed by atoms with van der Waals surface area (Å²) < 4.78 is 19.7. The highest BCUT2D eigenvalue weighted by Crippen LogP contribution is 2.31. The van der Waals surface area contributed by atoms with Crippen LogP contribution in [-0.4, -0.2) is 44.1 Å². The molecule has 0 amide bonds. The predicted octanol–water partition coefficient (Wildman–Crippen LogP) is 3.51. The Balaban J connectivity index is 0.000000150. The third kappa shape index (κ3) is 4.28. The van der Waals surface area contributed by atoms with E-state index in [1.807, 2.05) is 6.92 Å². The smallest absolute Gasteiger partial charge is 0.414 e. The largest absolute Gasteiger partial charge is 0.441 e. The number of benzene rings is 1. The molecule has 2 aliphatic rings. The van der Waals surface area contributed by atoms with Gasteiger partial charge in [0.05, 0.1) is 12.2 Å². The van der Waals surface area contributed by atoms with Gasteiger partial charge >= 0.3 is 11.8 Å². The van der Waals surface area contributed by atoms with Crippen LogP contribution < -0.4 is 4.74 Å². The van der Waals surface area contributed by atoms with Gasteiger partial charge in [-0.25, -0.2) is 9.37 Å². The van der Waals surface area contributed by atoms with Gasteiger partial charge in [0.15, 0.2) is 0 Å². The van der Waals surface area contributed by atoms with Gasteiger partial charge in [-0.2, -0.15) is 0 Å². The van der Waals surface area contributed by atoms with E-state index in [0.717, 1.165) is 30.1 Å². The summed E-state index contributed by atoms with van der Waals surface area (Å²) >= 11 is 1.74. The van der Waals surface area contributed by atoms with Crippen molar-refractivity contribution in [2.24, 2.45) is 0 Å². The number of imidazole rings is 1. The van der Waals surface area contributed by atoms with Crippen LogP contribution in [0.25, 0.3) is 10.6 Å². The van der Waals surface area contributed by atoms with Crippen molar-refractivity contribution in [3.05, 3.63) is 57.0 Å². The lowest BCUT2D eigenvalue weighted by Gasteiger charge is -2.20. The summed E-state index contributed by atoms with van der Waals surface area (Å²) in [6.45, 7) is 4.54. The van der Waals surface area contributed by atoms with Crippen molar-refractivity contribution >= 4 is 17.2 Å². The van der Waals surface area contributed by atoms with Gasteiger partial charge < -0.3 is 19.8 Å². The molecule has 5 rings (SSSR count). The molecule has 29 heavy (non-hydrogen) atoms. The lowest BCUT2D eigenvalue weighted by Crippen LogP contribution is -2.25. The second kappa shape index (κ2) is 7.88. The van der Waals surface area contributed by atoms with Crippen molar-refractivity contribution in [1.29, 1.82) is 0 Å². The minimum Gasteiger partial charge on any atom is -0.441 e. The highest BCUT2D eigenvalue weighted by molar-refractivity contribution is 7.15. The molecule has 1 unspecified atom stereocenters. The number of nitro groups is 1. The molecule has 0 bridgehead atoms. The molecular formula is C19H20FN5O3S. The number of hydrogen-bond donors (Lipinski definition) is 0. The molecule has 0 saturated carbocycles. The molecule has 0 saturated heterocycles. The van der Waals surface area contributed by atoms with Gasteiger partial charge in [0, 0.05) is 28.5 Å². The van der Waals surface area contributed by atoms with Crippen molar-refractivity contribution in [3.63, 3.8) is 0 Å². The highest BCUT2D eigenvalue weighted by Gasteiger charge is 2.28. The number of thiazole rings is 1. The van der Waals surface area contributed by atoms with E-state index in [4.69, 9.17) is 4.74 Å². The van der Waals surface area contributed by atoms with Gasteiger partial charge in [-0.15, -0.1) is 11.3 Å². The quantitative estimate of drug-likeness (QED) is 0.469. The molecule has 1 aromatic carbocycles. The van der Waals surface area contributed by atoms with E-state index >= 15 is 0 Å². The minimum absolute atomic E-state index is 0.0632. The lowest BCUT2D eigenvalue weighted by atomic mass is 10.2. The Kier molecular flexibility index (Phi) is 5.29. The number of likely N-dealkylation sites (N-methyl/N-ethyl adjacent to an activating group) is 1. The molecule has 1 atom stereocenters. The van der Waals surface area contributed by atoms with Gasteiger partial charge in [-0.05, 0) is 49.6 Å². The van der Waals surface area contributed by atoms with E-state index < -0.39 is 4.92 Å². The van der Waals surface area contributed by atoms with Gasteiger partial charge in [-0.3, -0.25) is 4.57 Å². The highest BCUT2D eigenvalue weighted by atomic mass is 32.1. The molecule has 0 N–H and O–H groups in total. The summed E-state index contributed by atoms with van der Waals surface area (Å²) in [4.78, 5) is 21.7. The lowest BCUT2D eigenvalue weighted by molar-refractivity contribution is -0.389. The molecule has 152 valence electrons. The fraction of sp³-hybridized carbons (Fsp3) is 0.368. The zero-order valence-electron chi connectivity index (χ0n) is 16.0. The molecule has 2 aromatic heterocycles. The average Bonchev–Trinajstić information content (AvgIpc) is 3.35. The summed E-state index contributed by atoms with van der Waals surface area (Å²) in [5, 5.41) is 11.3. The maximum Gasteiger partial charge on any atom is 0.414 e. The van der Waals surface area contributed by atoms with Crippen LogP contribution in [0.4, 0.5) is 10.2 Å². The molecule has 10 heteroatoms. The summed E-state index contributed by atoms with van der Waals surface area (Å²) in [5.41, 5.74) is 2.19. The van der Waals surface area contributed by atoms with Gasteiger partial charge in [0.2, 0.25) is 0 Å². The van der Waals surface area contributed by atoms with Crippen LogP contribution in [0, 0.1) is 15.9 Å². The third-order valence-electron chi connectivity index (χ3n) is 4.68. The summed E-state index contributed by atoms with van der Waals surface area (Å²) in [5.74, 6) is -0.355. The predicted molar refractivity (Wildman–Crippen MR) is 107 cm³/mol. The van der Waals surface area contributed by atoms with Crippen molar-refractivity contribution < 1.29 is 14.1 Å². The minimum atomic E-state index is -0.528. The fourth-order valence-corrected chi connectivity index (χ4v) is 4.30. The number of hydrogen-bond acceptors (Lipinski definition) is 7. The first-order valence-electron chi connectivity index (χ1n) is 9.20. The van der Waals surface area contributed by atoms with E-state index in [0.29, 0.717) is 12.6 Å². The zero-order chi connectivity index (χ0) is 20.5. The molecule has 0 radical (unpaired) electrons. The van der Waals surface area contributed by atoms with E-state index in [9.17, 15) is 14.5 Å². The van der Waals surface area contributed by atoms with Crippen LogP contribution in [-0.2, 0) is 19.5 Å². The second-order valence-electron chi connectivity index (χ2n) is 7.10. The van der Waals surface area contributed by atoms with Gasteiger partial charge in [-0.1, -0.05) is 0 Å². The van der Waals surface area contributed by atoms with Crippen LogP contribution in [0.15, 0.2) is 30.5 Å². The van der Waals surface area contributed by atoms with Crippen LogP contribution in [0.2, 0.25) is 0 Å². The van der Waals surface area contributed by atoms with Crippen molar-refractivity contribution in [3.8, 4) is 16.6 Å². The summed E-state index contributed by atoms with van der Waals surface area (Å²) in [7, 11) is 2.11. The first-order valence-corrected chi connectivity index (χ1v) is 10.0. The first-order chi connectivity index (χ1) is 13.9. The molecule has 2 aliphatic heterocycles. The Labute approximate surface area is 170 Å². The maximum absolute atomic E-state index is 12.9. The maximum atomic E-state index is 12.9. The Morgan fingerprint density at radius 1 is 1.31 bits per heavy atom. The topological polar surface area (TPSA) is 86.3 Å². The van der Waals surface area contributed by atoms with E-state index in [1.165, 1.54) is 28.9 Å². The number of halogens is 1. The SMILES string of the molecule is CC1Cn2cc([N+](=O)[O-])nc2O1.CN1CCc2sc(-c3ccc(F)cc3)nc2C1. The van der Waals surface area contributed by atoms with Crippen molar-refractivity contribution in [2.45, 2.75) is 32.5 Å². The van der Waals surface area contributed by atoms with Crippen molar-refractivity contribution in [1.82, 2.24) is 19.4 Å². The van der Waals surface area contributed by atoms with Crippen LogP contribution in [0.1, 0.15) is 17.5 Å². The molecule has 4 heterocycles. The van der Waals surface area contributed by atoms with Crippen molar-refractivity contribution in [2.75, 3.05) is 13.6 Å². The third-order valence-corrected chi connectivity index (χ3v) is 5.89. The molecule has 0 spiro atoms. The second-order valence-corrected chi connectivity index (χ2v) is 8.19. The fourth-order valence-electron chi connectivity index (χ4n) is 3.24. The van der Waals surface area contributed by atoms with E-state index in [-0.39, 0.29) is 17.7 Å². The van der Waals surface area contributed by atoms with E-state index in [1.54, 1.807) is 28.0 Å². The summed E-state index contributed by atoms with van der Waals surface area (Å²) in [6.07, 6.45) is 2.53. The van der Waals surface area contributed by atoms with Crippen LogP contribution in [0.3, 0.4) is 0 Å². The molecule has 8 nitrogen and oxygen atoms in total. The molecule has 0 aliphatic carbocycles. The molecule has 0 fully saturated rings. The number of aromatic nitrogens is 3. The number of fused-ring (bicyclic) bond motifs is 2. The molecular weight excluding hydrogens is 397 g/mol. The van der Waals surface area contributed by atoms with Gasteiger partial charge in [0.1, 0.15) is 23.1 Å². The van der Waals surface area contributed by atoms with Crippen LogP contribution in [0.5, 0.6) is 6.01 Å². The summed E-state index contributed by atoms with van der Waals surface area (Å²) in [6, 6.07) is 6.91. The Hall–Kier alpha value is -2.85. The molecule has 3 aromatic rings. The number of ether oxygens (including phenoxy) is 1. The number of rotatable bonds is 2. The average molecular weight is 417 g/mol. The Bertz CT molecular complexity index is 1010. The zero-order valence-corrected chi connectivity index (χ0v) is 16.9. The Morgan fingerprint density at radius 2 is 2.07 bits per heavy atom. The first kappa shape index (κ1) is 19.5. The normalized spacial score (nSPS) is 17.7. The van der Waals surface area contributed by atoms with Crippen LogP contribution >= 0.6 is 11.3 Å². The Morgan fingerprint density at radius 3 is 2.76 bits per heavy atom. The van der Waals surface area contributed by atoms with E-state index in [2.05, 4.69) is 21.9 Å². The standard InChI is InChI=1S/C13H13FN2S.C6H7N3O3/c1-16-7-6-12-11(8-16)15-13(17-12)9-2-4-10(14)5-3-9;1-4-2-8-3-5(9(10)11)7-6(8)12-4/h2-5H,6-8H2,1H3;3-4H,2H2,1H3. The number of nitrogens with zero attached hydrogens (tertiary/aromatic N) is 5. The van der Waals surface area contributed by atoms with Gasteiger partial charge in [0.25, 0.3) is 0 Å². The monoisotopic (exact) mass is 417 g/mol.